The number of rotatable bonds is 3. The van der Waals surface area contributed by atoms with Crippen LogP contribution in [0, 0.1) is 6.92 Å². The van der Waals surface area contributed by atoms with Crippen LogP contribution in [0.5, 0.6) is 0 Å². The zero-order valence-corrected chi connectivity index (χ0v) is 11.0. The number of nitrogens with one attached hydrogen (secondary N) is 1. The van der Waals surface area contributed by atoms with Gasteiger partial charge in [-0.15, -0.1) is 0 Å². The van der Waals surface area contributed by atoms with Gasteiger partial charge < -0.3 is 16.8 Å². The van der Waals surface area contributed by atoms with Gasteiger partial charge in [-0.05, 0) is 30.7 Å². The van der Waals surface area contributed by atoms with E-state index >= 15 is 0 Å². The number of carbonyl (C=O) groups excluding carboxylic acids is 1. The van der Waals surface area contributed by atoms with Crippen molar-refractivity contribution >= 4 is 34.6 Å². The lowest BCUT2D eigenvalue weighted by Crippen LogP contribution is -2.14. The Morgan fingerprint density at radius 3 is 2.79 bits per heavy atom. The molecule has 5 N–H and O–H groups in total. The molecule has 0 atom stereocenters. The third-order valence-electron chi connectivity index (χ3n) is 2.68. The van der Waals surface area contributed by atoms with Crippen molar-refractivity contribution in [3.05, 3.63) is 46.7 Å². The van der Waals surface area contributed by atoms with E-state index in [9.17, 15) is 4.79 Å². The van der Waals surface area contributed by atoms with Crippen LogP contribution in [0.2, 0.25) is 5.02 Å². The molecule has 6 heteroatoms. The second-order valence-corrected chi connectivity index (χ2v) is 4.51. The minimum atomic E-state index is -0.599. The first-order valence-corrected chi connectivity index (χ1v) is 5.93. The van der Waals surface area contributed by atoms with Gasteiger partial charge in [-0.25, -0.2) is 0 Å². The molecule has 19 heavy (non-hydrogen) atoms. The molecule has 98 valence electrons. The Bertz CT molecular complexity index is 643. The second-order valence-electron chi connectivity index (χ2n) is 4.11. The van der Waals surface area contributed by atoms with Crippen LogP contribution in [0.25, 0.3) is 0 Å². The summed E-state index contributed by atoms with van der Waals surface area (Å²) in [5.41, 5.74) is 13.8. The number of hydrogen-bond acceptors (Lipinski definition) is 4. The van der Waals surface area contributed by atoms with Gasteiger partial charge in [0.05, 0.1) is 28.2 Å². The number of amides is 1. The third-order valence-corrected chi connectivity index (χ3v) is 2.97. The molecule has 0 radical (unpaired) electrons. The molecule has 0 fully saturated rings. The first-order chi connectivity index (χ1) is 8.99. The summed E-state index contributed by atoms with van der Waals surface area (Å²) in [5, 5.41) is 3.40. The molecule has 0 saturated heterocycles. The van der Waals surface area contributed by atoms with Gasteiger partial charge in [-0.3, -0.25) is 9.78 Å². The molecule has 5 nitrogen and oxygen atoms in total. The van der Waals surface area contributed by atoms with Gasteiger partial charge in [0.15, 0.2) is 0 Å². The molecular weight excluding hydrogens is 264 g/mol. The van der Waals surface area contributed by atoms with Crippen molar-refractivity contribution in [2.24, 2.45) is 5.73 Å². The molecule has 0 saturated carbocycles. The molecule has 0 aliphatic rings. The second kappa shape index (κ2) is 5.16. The van der Waals surface area contributed by atoms with E-state index in [2.05, 4.69) is 10.3 Å². The van der Waals surface area contributed by atoms with E-state index in [1.165, 1.54) is 6.07 Å². The average molecular weight is 277 g/mol. The number of aromatic nitrogens is 1. The maximum absolute atomic E-state index is 11.5. The fourth-order valence-electron chi connectivity index (χ4n) is 1.68. The maximum Gasteiger partial charge on any atom is 0.250 e. The van der Waals surface area contributed by atoms with Crippen molar-refractivity contribution < 1.29 is 4.79 Å². The predicted molar refractivity (Wildman–Crippen MR) is 76.6 cm³/mol. The number of nitrogen functional groups attached to an aromatic ring is 1. The van der Waals surface area contributed by atoms with Crippen LogP contribution in [0.3, 0.4) is 0 Å². The topological polar surface area (TPSA) is 94.0 Å². The van der Waals surface area contributed by atoms with Gasteiger partial charge >= 0.3 is 0 Å². The fourth-order valence-corrected chi connectivity index (χ4v) is 1.95. The number of nitrogens with zero attached hydrogens (tertiary/aromatic N) is 1. The van der Waals surface area contributed by atoms with Gasteiger partial charge in [0.2, 0.25) is 0 Å². The standard InChI is InChI=1S/C13H13ClN4O/c1-7-2-3-17-6-11(7)18-12-9(13(16)19)4-8(15)5-10(12)14/h2-6,18H,15H2,1H3,(H2,16,19). The highest BCUT2D eigenvalue weighted by Gasteiger charge is 2.14. The Balaban J connectivity index is 2.51. The van der Waals surface area contributed by atoms with E-state index in [-0.39, 0.29) is 5.56 Å². The third kappa shape index (κ3) is 2.77. The molecule has 2 rings (SSSR count). The van der Waals surface area contributed by atoms with Crippen molar-refractivity contribution in [3.63, 3.8) is 0 Å². The predicted octanol–water partition coefficient (Wildman–Crippen LogP) is 2.47. The zero-order chi connectivity index (χ0) is 14.0. The van der Waals surface area contributed by atoms with Crippen LogP contribution in [0.1, 0.15) is 15.9 Å². The summed E-state index contributed by atoms with van der Waals surface area (Å²) in [4.78, 5) is 15.5. The van der Waals surface area contributed by atoms with Crippen molar-refractivity contribution in [1.29, 1.82) is 0 Å². The lowest BCUT2D eigenvalue weighted by molar-refractivity contribution is 0.100. The molecule has 0 unspecified atom stereocenters. The number of nitrogens with two attached hydrogens (primary N) is 2. The summed E-state index contributed by atoms with van der Waals surface area (Å²) in [6.45, 7) is 1.92. The summed E-state index contributed by atoms with van der Waals surface area (Å²) >= 11 is 6.11. The molecule has 1 aromatic heterocycles. The summed E-state index contributed by atoms with van der Waals surface area (Å²) in [5.74, 6) is -0.599. The van der Waals surface area contributed by atoms with Gasteiger partial charge in [-0.2, -0.15) is 0 Å². The van der Waals surface area contributed by atoms with Crippen molar-refractivity contribution in [2.45, 2.75) is 6.92 Å². The van der Waals surface area contributed by atoms with E-state index in [1.54, 1.807) is 18.5 Å². The fraction of sp³-hybridized carbons (Fsp3) is 0.0769. The summed E-state index contributed by atoms with van der Waals surface area (Å²) in [6.07, 6.45) is 3.33. The molecule has 0 aliphatic carbocycles. The highest BCUT2D eigenvalue weighted by atomic mass is 35.5. The highest BCUT2D eigenvalue weighted by molar-refractivity contribution is 6.34. The van der Waals surface area contributed by atoms with E-state index in [4.69, 9.17) is 23.1 Å². The first kappa shape index (κ1) is 13.2. The minimum Gasteiger partial charge on any atom is -0.399 e. The molecule has 1 heterocycles. The largest absolute Gasteiger partial charge is 0.399 e. The molecule has 2 aromatic rings. The zero-order valence-electron chi connectivity index (χ0n) is 10.3. The van der Waals surface area contributed by atoms with E-state index < -0.39 is 5.91 Å². The van der Waals surface area contributed by atoms with E-state index in [1.807, 2.05) is 13.0 Å². The number of carbonyl (C=O) groups is 1. The summed E-state index contributed by atoms with van der Waals surface area (Å²) in [6, 6.07) is 4.89. The van der Waals surface area contributed by atoms with E-state index in [0.29, 0.717) is 16.4 Å². The van der Waals surface area contributed by atoms with Gasteiger partial charge in [0.1, 0.15) is 0 Å². The number of hydrogen-bond donors (Lipinski definition) is 3. The monoisotopic (exact) mass is 276 g/mol. The molecule has 0 bridgehead atoms. The van der Waals surface area contributed by atoms with Gasteiger partial charge in [0.25, 0.3) is 5.91 Å². The Hall–Kier alpha value is -2.27. The number of benzene rings is 1. The Morgan fingerprint density at radius 2 is 2.16 bits per heavy atom. The highest BCUT2D eigenvalue weighted by Crippen LogP contribution is 2.32. The molecule has 1 aromatic carbocycles. The van der Waals surface area contributed by atoms with Crippen LogP contribution in [-0.2, 0) is 0 Å². The van der Waals surface area contributed by atoms with Crippen LogP contribution in [-0.4, -0.2) is 10.9 Å². The number of pyridine rings is 1. The maximum atomic E-state index is 11.5. The Labute approximate surface area is 115 Å². The quantitative estimate of drug-likeness (QED) is 0.751. The Kier molecular flexibility index (Phi) is 3.57. The van der Waals surface area contributed by atoms with Crippen LogP contribution >= 0.6 is 11.6 Å². The Morgan fingerprint density at radius 1 is 1.42 bits per heavy atom. The molecule has 0 aliphatic heterocycles. The SMILES string of the molecule is Cc1ccncc1Nc1c(Cl)cc(N)cc1C(N)=O. The van der Waals surface area contributed by atoms with Crippen molar-refractivity contribution in [3.8, 4) is 0 Å². The first-order valence-electron chi connectivity index (χ1n) is 5.55. The average Bonchev–Trinajstić information content (AvgIpc) is 2.34. The molecular formula is C13H13ClN4O. The van der Waals surface area contributed by atoms with Crippen LogP contribution in [0.4, 0.5) is 17.1 Å². The van der Waals surface area contributed by atoms with Crippen molar-refractivity contribution in [2.75, 3.05) is 11.1 Å². The molecule has 0 spiro atoms. The van der Waals surface area contributed by atoms with E-state index in [0.717, 1.165) is 11.3 Å². The number of anilines is 3. The molecule has 1 amide bonds. The lowest BCUT2D eigenvalue weighted by Gasteiger charge is -2.14. The van der Waals surface area contributed by atoms with Gasteiger partial charge in [0, 0.05) is 11.9 Å². The van der Waals surface area contributed by atoms with Crippen LogP contribution < -0.4 is 16.8 Å². The number of halogens is 1. The summed E-state index contributed by atoms with van der Waals surface area (Å²) in [7, 11) is 0. The number of primary amides is 1. The minimum absolute atomic E-state index is 0.244. The summed E-state index contributed by atoms with van der Waals surface area (Å²) < 4.78 is 0. The normalized spacial score (nSPS) is 10.2. The lowest BCUT2D eigenvalue weighted by atomic mass is 10.1. The van der Waals surface area contributed by atoms with Crippen LogP contribution in [0.15, 0.2) is 30.6 Å². The van der Waals surface area contributed by atoms with Crippen molar-refractivity contribution in [1.82, 2.24) is 4.98 Å². The smallest absolute Gasteiger partial charge is 0.250 e. The van der Waals surface area contributed by atoms with Gasteiger partial charge in [-0.1, -0.05) is 11.6 Å². The number of aryl methyl sites for hydroxylation is 1.